The van der Waals surface area contributed by atoms with Gasteiger partial charge in [0.05, 0.1) is 16.9 Å². The molecule has 0 aliphatic carbocycles. The smallest absolute Gasteiger partial charge is 0.262 e. The molecule has 1 aliphatic rings. The molecule has 116 valence electrons. The molecule has 4 rings (SSSR count). The Balaban J connectivity index is 1.91. The molecule has 0 radical (unpaired) electrons. The topological polar surface area (TPSA) is 55.1 Å². The van der Waals surface area contributed by atoms with E-state index in [1.165, 1.54) is 4.90 Å². The number of benzene rings is 2. The van der Waals surface area contributed by atoms with E-state index in [1.54, 1.807) is 22.4 Å². The van der Waals surface area contributed by atoms with Crippen LogP contribution in [0, 0.1) is 0 Å². The summed E-state index contributed by atoms with van der Waals surface area (Å²) in [6.45, 7) is 0. The van der Waals surface area contributed by atoms with Crippen LogP contribution in [0.3, 0.4) is 0 Å². The molecular weight excluding hydrogens is 308 g/mol. The number of aromatic nitrogens is 2. The van der Waals surface area contributed by atoms with Crippen LogP contribution in [-0.4, -0.2) is 20.9 Å². The number of para-hydroxylation sites is 1. The first kappa shape index (κ1) is 14.5. The van der Waals surface area contributed by atoms with Crippen LogP contribution < -0.4 is 5.56 Å². The van der Waals surface area contributed by atoms with Crippen LogP contribution in [0.5, 0.6) is 0 Å². The van der Waals surface area contributed by atoms with Crippen LogP contribution in [-0.2, 0) is 0 Å². The lowest BCUT2D eigenvalue weighted by Crippen LogP contribution is -2.25. The summed E-state index contributed by atoms with van der Waals surface area (Å²) >= 11 is 1.68. The standard InChI is InChI=1S/C18H16N2O2S/c1-23-12-8-6-11(7-9-12)15-10-16(21)17-19-14-5-3-2-4-13(14)18(22)20(15)17/h2-9,15-16,21H,10H2,1H3/t15-,16-/m0/s1. The Morgan fingerprint density at radius 1 is 1.17 bits per heavy atom. The van der Waals surface area contributed by atoms with Gasteiger partial charge in [0.2, 0.25) is 0 Å². The second-order valence-corrected chi connectivity index (χ2v) is 6.58. The van der Waals surface area contributed by atoms with Crippen molar-refractivity contribution < 1.29 is 5.11 Å². The van der Waals surface area contributed by atoms with E-state index in [4.69, 9.17) is 0 Å². The third kappa shape index (κ3) is 2.28. The average molecular weight is 324 g/mol. The number of thioether (sulfide) groups is 1. The number of aliphatic hydroxyl groups excluding tert-OH is 1. The minimum Gasteiger partial charge on any atom is -0.385 e. The Labute approximate surface area is 137 Å². The molecule has 1 N–H and O–H groups in total. The summed E-state index contributed by atoms with van der Waals surface area (Å²) < 4.78 is 1.65. The predicted octanol–water partition coefficient (Wildman–Crippen LogP) is 3.14. The van der Waals surface area contributed by atoms with Crippen molar-refractivity contribution in [3.8, 4) is 0 Å². The number of hydrogen-bond donors (Lipinski definition) is 1. The first-order chi connectivity index (χ1) is 11.2. The number of hydrogen-bond acceptors (Lipinski definition) is 4. The fraction of sp³-hybridized carbons (Fsp3) is 0.222. The summed E-state index contributed by atoms with van der Waals surface area (Å²) in [4.78, 5) is 18.6. The van der Waals surface area contributed by atoms with Crippen molar-refractivity contribution in [1.29, 1.82) is 0 Å². The van der Waals surface area contributed by atoms with Gasteiger partial charge in [-0.25, -0.2) is 4.98 Å². The van der Waals surface area contributed by atoms with E-state index >= 15 is 0 Å². The quantitative estimate of drug-likeness (QED) is 0.736. The number of aliphatic hydroxyl groups is 1. The second kappa shape index (κ2) is 5.51. The van der Waals surface area contributed by atoms with Crippen LogP contribution >= 0.6 is 11.8 Å². The third-order valence-electron chi connectivity index (χ3n) is 4.39. The van der Waals surface area contributed by atoms with Gasteiger partial charge in [-0.3, -0.25) is 9.36 Å². The number of nitrogens with zero attached hydrogens (tertiary/aromatic N) is 2. The molecule has 2 atom stereocenters. The summed E-state index contributed by atoms with van der Waals surface area (Å²) in [5.74, 6) is 0.465. The second-order valence-electron chi connectivity index (χ2n) is 5.70. The van der Waals surface area contributed by atoms with E-state index in [0.29, 0.717) is 23.1 Å². The van der Waals surface area contributed by atoms with E-state index in [-0.39, 0.29) is 11.6 Å². The minimum atomic E-state index is -0.711. The van der Waals surface area contributed by atoms with Crippen molar-refractivity contribution >= 4 is 22.7 Å². The van der Waals surface area contributed by atoms with Crippen molar-refractivity contribution in [3.63, 3.8) is 0 Å². The summed E-state index contributed by atoms with van der Waals surface area (Å²) in [5, 5.41) is 11.0. The highest BCUT2D eigenvalue weighted by Crippen LogP contribution is 2.37. The summed E-state index contributed by atoms with van der Waals surface area (Å²) in [6, 6.07) is 15.3. The molecule has 0 amide bonds. The molecule has 2 aromatic carbocycles. The minimum absolute atomic E-state index is 0.0823. The lowest BCUT2D eigenvalue weighted by atomic mass is 10.0. The molecule has 0 spiro atoms. The number of fused-ring (bicyclic) bond motifs is 2. The Hall–Kier alpha value is -2.11. The fourth-order valence-corrected chi connectivity index (χ4v) is 3.64. The van der Waals surface area contributed by atoms with Gasteiger partial charge in [0.1, 0.15) is 11.9 Å². The van der Waals surface area contributed by atoms with E-state index in [9.17, 15) is 9.90 Å². The van der Waals surface area contributed by atoms with Crippen LogP contribution in [0.15, 0.2) is 58.2 Å². The Kier molecular flexibility index (Phi) is 3.47. The van der Waals surface area contributed by atoms with Crippen molar-refractivity contribution in [3.05, 3.63) is 70.3 Å². The fourth-order valence-electron chi connectivity index (χ4n) is 3.23. The molecule has 0 saturated carbocycles. The maximum Gasteiger partial charge on any atom is 0.262 e. The largest absolute Gasteiger partial charge is 0.385 e. The molecule has 1 aliphatic heterocycles. The van der Waals surface area contributed by atoms with Crippen molar-refractivity contribution in [1.82, 2.24) is 9.55 Å². The molecule has 3 aromatic rings. The SMILES string of the molecule is CSc1ccc([C@@H]2C[C@H](O)c3nc4ccccc4c(=O)n32)cc1. The predicted molar refractivity (Wildman–Crippen MR) is 91.9 cm³/mol. The van der Waals surface area contributed by atoms with Gasteiger partial charge in [-0.2, -0.15) is 0 Å². The Morgan fingerprint density at radius 2 is 1.91 bits per heavy atom. The first-order valence-electron chi connectivity index (χ1n) is 7.52. The van der Waals surface area contributed by atoms with Gasteiger partial charge < -0.3 is 5.11 Å². The zero-order valence-electron chi connectivity index (χ0n) is 12.6. The molecule has 0 fully saturated rings. The maximum absolute atomic E-state index is 12.9. The van der Waals surface area contributed by atoms with E-state index in [2.05, 4.69) is 4.98 Å². The Bertz CT molecular complexity index is 934. The van der Waals surface area contributed by atoms with Crippen molar-refractivity contribution in [2.24, 2.45) is 0 Å². The van der Waals surface area contributed by atoms with Gasteiger partial charge in [-0.05, 0) is 36.1 Å². The molecule has 5 heteroatoms. The number of rotatable bonds is 2. The van der Waals surface area contributed by atoms with Crippen molar-refractivity contribution in [2.45, 2.75) is 23.5 Å². The first-order valence-corrected chi connectivity index (χ1v) is 8.74. The molecule has 4 nitrogen and oxygen atoms in total. The zero-order valence-corrected chi connectivity index (χ0v) is 13.5. The molecule has 23 heavy (non-hydrogen) atoms. The molecule has 1 aromatic heterocycles. The van der Waals surface area contributed by atoms with Gasteiger partial charge in [0.15, 0.2) is 0 Å². The van der Waals surface area contributed by atoms with Gasteiger partial charge >= 0.3 is 0 Å². The van der Waals surface area contributed by atoms with Gasteiger partial charge in [0.25, 0.3) is 5.56 Å². The summed E-state index contributed by atoms with van der Waals surface area (Å²) in [6.07, 6.45) is 1.80. The molecule has 0 bridgehead atoms. The van der Waals surface area contributed by atoms with Crippen LogP contribution in [0.4, 0.5) is 0 Å². The highest BCUT2D eigenvalue weighted by molar-refractivity contribution is 7.98. The highest BCUT2D eigenvalue weighted by atomic mass is 32.2. The lowest BCUT2D eigenvalue weighted by Gasteiger charge is -2.15. The molecule has 2 heterocycles. The molecular formula is C18H16N2O2S. The van der Waals surface area contributed by atoms with E-state index < -0.39 is 6.10 Å². The van der Waals surface area contributed by atoms with Gasteiger partial charge in [-0.15, -0.1) is 11.8 Å². The Morgan fingerprint density at radius 3 is 2.65 bits per heavy atom. The van der Waals surface area contributed by atoms with E-state index in [0.717, 1.165) is 5.56 Å². The highest BCUT2D eigenvalue weighted by Gasteiger charge is 2.33. The normalized spacial score (nSPS) is 19.9. The average Bonchev–Trinajstić information content (AvgIpc) is 2.92. The van der Waals surface area contributed by atoms with Gasteiger partial charge in [0, 0.05) is 11.3 Å². The van der Waals surface area contributed by atoms with Gasteiger partial charge in [-0.1, -0.05) is 24.3 Å². The van der Waals surface area contributed by atoms with Crippen molar-refractivity contribution in [2.75, 3.05) is 6.26 Å². The zero-order chi connectivity index (χ0) is 16.0. The van der Waals surface area contributed by atoms with Crippen LogP contribution in [0.25, 0.3) is 10.9 Å². The van der Waals surface area contributed by atoms with Crippen LogP contribution in [0.1, 0.15) is 30.0 Å². The molecule has 0 unspecified atom stereocenters. The third-order valence-corrected chi connectivity index (χ3v) is 5.14. The molecule has 0 saturated heterocycles. The monoisotopic (exact) mass is 324 g/mol. The maximum atomic E-state index is 12.9. The van der Waals surface area contributed by atoms with E-state index in [1.807, 2.05) is 48.7 Å². The lowest BCUT2D eigenvalue weighted by molar-refractivity contribution is 0.172. The summed E-state index contributed by atoms with van der Waals surface area (Å²) in [7, 11) is 0. The summed E-state index contributed by atoms with van der Waals surface area (Å²) in [5.41, 5.74) is 1.59. The van der Waals surface area contributed by atoms with Crippen LogP contribution in [0.2, 0.25) is 0 Å².